The Morgan fingerprint density at radius 1 is 1.50 bits per heavy atom. The van der Waals surface area contributed by atoms with Gasteiger partial charge < -0.3 is 0 Å². The zero-order valence-electron chi connectivity index (χ0n) is 10.6. The van der Waals surface area contributed by atoms with Crippen molar-refractivity contribution in [3.8, 4) is 0 Å². The average molecular weight is 288 g/mol. The summed E-state index contributed by atoms with van der Waals surface area (Å²) in [4.78, 5) is 2.36. The molecule has 0 bridgehead atoms. The molecule has 0 aliphatic carbocycles. The van der Waals surface area contributed by atoms with Crippen LogP contribution in [-0.2, 0) is 10.0 Å². The van der Waals surface area contributed by atoms with E-state index in [9.17, 15) is 8.42 Å². The summed E-state index contributed by atoms with van der Waals surface area (Å²) in [6.07, 6.45) is 3.73. The summed E-state index contributed by atoms with van der Waals surface area (Å²) >= 11 is 1.25. The molecule has 0 amide bonds. The van der Waals surface area contributed by atoms with Crippen molar-refractivity contribution in [2.45, 2.75) is 36.4 Å². The summed E-state index contributed by atoms with van der Waals surface area (Å²) in [5, 5.41) is 1.78. The Morgan fingerprint density at radius 3 is 3.00 bits per heavy atom. The van der Waals surface area contributed by atoms with Crippen LogP contribution in [0.15, 0.2) is 21.7 Å². The van der Waals surface area contributed by atoms with Gasteiger partial charge in [0.05, 0.1) is 0 Å². The molecule has 102 valence electrons. The van der Waals surface area contributed by atoms with E-state index in [0.29, 0.717) is 16.8 Å². The second-order valence-electron chi connectivity index (χ2n) is 4.71. The molecule has 1 aliphatic rings. The third kappa shape index (κ3) is 3.54. The molecule has 18 heavy (non-hydrogen) atoms. The van der Waals surface area contributed by atoms with Crippen LogP contribution in [0.25, 0.3) is 0 Å². The van der Waals surface area contributed by atoms with Crippen LogP contribution in [0.4, 0.5) is 0 Å². The van der Waals surface area contributed by atoms with Crippen molar-refractivity contribution in [3.05, 3.63) is 17.5 Å². The zero-order chi connectivity index (χ0) is 13.0. The lowest BCUT2D eigenvalue weighted by atomic mass is 10.0. The number of piperidine rings is 1. The molecule has 1 saturated heterocycles. The first-order valence-corrected chi connectivity index (χ1v) is 8.73. The van der Waals surface area contributed by atoms with E-state index in [1.165, 1.54) is 30.6 Å². The van der Waals surface area contributed by atoms with Crippen LogP contribution in [0, 0.1) is 0 Å². The van der Waals surface area contributed by atoms with E-state index < -0.39 is 10.0 Å². The fourth-order valence-corrected chi connectivity index (χ4v) is 4.36. The first-order valence-electron chi connectivity index (χ1n) is 6.37. The van der Waals surface area contributed by atoms with Gasteiger partial charge in [-0.05, 0) is 37.8 Å². The quantitative estimate of drug-likeness (QED) is 0.900. The molecule has 2 heterocycles. The van der Waals surface area contributed by atoms with Gasteiger partial charge in [-0.15, -0.1) is 11.3 Å². The number of nitrogens with zero attached hydrogens (tertiary/aromatic N) is 1. The van der Waals surface area contributed by atoms with Gasteiger partial charge in [-0.1, -0.05) is 12.5 Å². The topological polar surface area (TPSA) is 49.4 Å². The third-order valence-electron chi connectivity index (χ3n) is 3.39. The molecule has 0 unspecified atom stereocenters. The highest BCUT2D eigenvalue weighted by Gasteiger charge is 2.19. The van der Waals surface area contributed by atoms with E-state index in [1.807, 2.05) is 0 Å². The first kappa shape index (κ1) is 14.0. The largest absolute Gasteiger partial charge is 0.299 e. The first-order chi connectivity index (χ1) is 8.59. The predicted octanol–water partition coefficient (Wildman–Crippen LogP) is 1.90. The summed E-state index contributed by atoms with van der Waals surface area (Å²) in [7, 11) is -3.29. The highest BCUT2D eigenvalue weighted by Crippen LogP contribution is 2.17. The van der Waals surface area contributed by atoms with Gasteiger partial charge in [-0.25, -0.2) is 13.1 Å². The second kappa shape index (κ2) is 6.14. The monoisotopic (exact) mass is 288 g/mol. The Bertz CT molecular complexity index is 456. The number of thiophene rings is 1. The van der Waals surface area contributed by atoms with Crippen molar-refractivity contribution >= 4 is 21.4 Å². The Balaban J connectivity index is 1.81. The molecular weight excluding hydrogens is 268 g/mol. The van der Waals surface area contributed by atoms with Crippen molar-refractivity contribution in [1.82, 2.24) is 9.62 Å². The van der Waals surface area contributed by atoms with Gasteiger partial charge in [-0.3, -0.25) is 4.90 Å². The normalized spacial score (nSPS) is 22.2. The maximum absolute atomic E-state index is 11.9. The number of hydrogen-bond acceptors (Lipinski definition) is 4. The summed E-state index contributed by atoms with van der Waals surface area (Å²) < 4.78 is 26.9. The van der Waals surface area contributed by atoms with Crippen molar-refractivity contribution in [2.75, 3.05) is 19.6 Å². The molecule has 1 aromatic rings. The van der Waals surface area contributed by atoms with Gasteiger partial charge in [0.25, 0.3) is 0 Å². The van der Waals surface area contributed by atoms with E-state index >= 15 is 0 Å². The Kier molecular flexibility index (Phi) is 4.77. The van der Waals surface area contributed by atoms with Gasteiger partial charge in [0.1, 0.15) is 4.21 Å². The maximum Gasteiger partial charge on any atom is 0.250 e. The minimum Gasteiger partial charge on any atom is -0.299 e. The lowest BCUT2D eigenvalue weighted by molar-refractivity contribution is 0.164. The summed E-state index contributed by atoms with van der Waals surface area (Å²) in [5.41, 5.74) is 0. The number of rotatable bonds is 5. The fraction of sp³-hybridized carbons (Fsp3) is 0.667. The minimum atomic E-state index is -3.29. The number of nitrogens with one attached hydrogen (secondary N) is 1. The molecule has 0 spiro atoms. The van der Waals surface area contributed by atoms with Crippen LogP contribution < -0.4 is 4.72 Å². The smallest absolute Gasteiger partial charge is 0.250 e. The van der Waals surface area contributed by atoms with Crippen molar-refractivity contribution in [1.29, 1.82) is 0 Å². The van der Waals surface area contributed by atoms with Crippen LogP contribution in [0.1, 0.15) is 26.2 Å². The van der Waals surface area contributed by atoms with Gasteiger partial charge in [0.2, 0.25) is 10.0 Å². The van der Waals surface area contributed by atoms with Gasteiger partial charge in [0.15, 0.2) is 0 Å². The van der Waals surface area contributed by atoms with E-state index in [4.69, 9.17) is 0 Å². The molecular formula is C12H20N2O2S2. The van der Waals surface area contributed by atoms with Crippen LogP contribution in [-0.4, -0.2) is 39.0 Å². The minimum absolute atomic E-state index is 0.397. The molecule has 4 nitrogen and oxygen atoms in total. The summed E-state index contributed by atoms with van der Waals surface area (Å²) in [6.45, 7) is 4.59. The molecule has 1 fully saturated rings. The van der Waals surface area contributed by atoms with Crippen LogP contribution in [0.5, 0.6) is 0 Å². The lowest BCUT2D eigenvalue weighted by Crippen LogP contribution is -2.42. The third-order valence-corrected chi connectivity index (χ3v) is 6.25. The fourth-order valence-electron chi connectivity index (χ4n) is 2.30. The van der Waals surface area contributed by atoms with Gasteiger partial charge in [-0.2, -0.15) is 0 Å². The molecule has 0 aromatic carbocycles. The predicted molar refractivity (Wildman–Crippen MR) is 74.4 cm³/mol. The number of hydrogen-bond donors (Lipinski definition) is 1. The molecule has 1 atom stereocenters. The second-order valence-corrected chi connectivity index (χ2v) is 7.65. The summed E-state index contributed by atoms with van der Waals surface area (Å²) in [5.74, 6) is 0. The highest BCUT2D eigenvalue weighted by molar-refractivity contribution is 7.91. The van der Waals surface area contributed by atoms with E-state index in [1.54, 1.807) is 17.5 Å². The Hall–Kier alpha value is -0.430. The molecule has 0 radical (unpaired) electrons. The Morgan fingerprint density at radius 2 is 2.33 bits per heavy atom. The number of likely N-dealkylation sites (tertiary alicyclic amines) is 1. The van der Waals surface area contributed by atoms with E-state index in [2.05, 4.69) is 16.5 Å². The molecule has 6 heteroatoms. The molecule has 1 N–H and O–H groups in total. The zero-order valence-corrected chi connectivity index (χ0v) is 12.3. The van der Waals surface area contributed by atoms with E-state index in [0.717, 1.165) is 13.1 Å². The SMILES string of the molecule is C[C@@H]1CCCCN1CCNS(=O)(=O)c1cccs1. The Labute approximate surface area is 113 Å². The molecule has 1 aliphatic heterocycles. The van der Waals surface area contributed by atoms with Crippen molar-refractivity contribution in [3.63, 3.8) is 0 Å². The van der Waals surface area contributed by atoms with Gasteiger partial charge in [0, 0.05) is 19.1 Å². The molecule has 1 aromatic heterocycles. The number of sulfonamides is 1. The molecule has 2 rings (SSSR count). The summed E-state index contributed by atoms with van der Waals surface area (Å²) in [6, 6.07) is 3.97. The van der Waals surface area contributed by atoms with Crippen molar-refractivity contribution in [2.24, 2.45) is 0 Å². The van der Waals surface area contributed by atoms with Gasteiger partial charge >= 0.3 is 0 Å². The lowest BCUT2D eigenvalue weighted by Gasteiger charge is -2.33. The molecule has 0 saturated carbocycles. The average Bonchev–Trinajstić information content (AvgIpc) is 2.86. The highest BCUT2D eigenvalue weighted by atomic mass is 32.2. The van der Waals surface area contributed by atoms with Crippen LogP contribution >= 0.6 is 11.3 Å². The maximum atomic E-state index is 11.9. The van der Waals surface area contributed by atoms with Crippen LogP contribution in [0.3, 0.4) is 0 Å². The standard InChI is InChI=1S/C12H20N2O2S2/c1-11-5-2-3-8-14(11)9-7-13-18(15,16)12-6-4-10-17-12/h4,6,10-11,13H,2-3,5,7-9H2,1H3/t11-/m1/s1. The van der Waals surface area contributed by atoms with Crippen molar-refractivity contribution < 1.29 is 8.42 Å². The van der Waals surface area contributed by atoms with E-state index in [-0.39, 0.29) is 0 Å². The van der Waals surface area contributed by atoms with Crippen LogP contribution in [0.2, 0.25) is 0 Å².